The maximum Gasteiger partial charge on any atom is 0.337 e. The number of carbonyl (C=O) groups is 1. The molecule has 33 heavy (non-hydrogen) atoms. The van der Waals surface area contributed by atoms with Crippen molar-refractivity contribution in [3.8, 4) is 17.1 Å². The number of hydrogen-bond donors (Lipinski definition) is 2. The highest BCUT2D eigenvalue weighted by molar-refractivity contribution is 7.99. The molecule has 0 atom stereocenters. The van der Waals surface area contributed by atoms with Crippen molar-refractivity contribution in [2.75, 3.05) is 5.75 Å². The molecule has 0 spiro atoms. The van der Waals surface area contributed by atoms with Gasteiger partial charge in [-0.3, -0.25) is 4.79 Å². The summed E-state index contributed by atoms with van der Waals surface area (Å²) in [5.74, 6) is 0.700. The lowest BCUT2D eigenvalue weighted by atomic mass is 9.95. The van der Waals surface area contributed by atoms with Crippen LogP contribution in [0, 0.1) is 0 Å². The first-order valence-electron chi connectivity index (χ1n) is 11.0. The average Bonchev–Trinajstić information content (AvgIpc) is 3.26. The van der Waals surface area contributed by atoms with Crippen LogP contribution in [0.3, 0.4) is 0 Å². The predicted molar refractivity (Wildman–Crippen MR) is 128 cm³/mol. The molecule has 0 unspecified atom stereocenters. The number of aromatic nitrogens is 3. The number of carbonyl (C=O) groups excluding carboxylic acids is 1. The lowest BCUT2D eigenvalue weighted by Gasteiger charge is -2.21. The van der Waals surface area contributed by atoms with Crippen LogP contribution in [0.4, 0.5) is 0 Å². The number of hydrazone groups is 1. The van der Waals surface area contributed by atoms with E-state index in [-0.39, 0.29) is 17.4 Å². The van der Waals surface area contributed by atoms with Gasteiger partial charge in [0, 0.05) is 5.02 Å². The lowest BCUT2D eigenvalue weighted by molar-refractivity contribution is -0.749. The fraction of sp³-hybridized carbons (Fsp3) is 0.333. The molecule has 1 heterocycles. The van der Waals surface area contributed by atoms with Crippen LogP contribution in [-0.2, 0) is 4.79 Å². The van der Waals surface area contributed by atoms with Crippen LogP contribution in [0.5, 0.6) is 5.75 Å². The standard InChI is InChI=1S/C24H26ClN5O2S/c1-16(20-9-5-6-10-21(20)31)26-27-22(32)15-33-24-29-28-23(17-11-13-18(25)14-12-17)30(24)19-7-3-2-4-8-19/h5-6,9-14,19H,2-4,7-8,15H2,1H3,(H2,26,27,31,32). The second kappa shape index (κ2) is 10.9. The molecule has 2 aromatic carbocycles. The zero-order valence-electron chi connectivity index (χ0n) is 18.4. The number of thioether (sulfide) groups is 1. The number of nitrogens with one attached hydrogen (secondary N) is 2. The van der Waals surface area contributed by atoms with Gasteiger partial charge >= 0.3 is 5.16 Å². The van der Waals surface area contributed by atoms with E-state index in [1.807, 2.05) is 24.3 Å². The number of hydrogen-bond acceptors (Lipinski definition) is 5. The normalized spacial score (nSPS) is 14.9. The van der Waals surface area contributed by atoms with Gasteiger partial charge in [-0.2, -0.15) is 5.10 Å². The number of amides is 1. The summed E-state index contributed by atoms with van der Waals surface area (Å²) in [4.78, 5) is 12.5. The molecule has 172 valence electrons. The maximum absolute atomic E-state index is 12.5. The van der Waals surface area contributed by atoms with Crippen LogP contribution < -0.4 is 15.1 Å². The number of benzene rings is 2. The highest BCUT2D eigenvalue weighted by Crippen LogP contribution is 2.29. The van der Waals surface area contributed by atoms with Crippen molar-refractivity contribution in [3.05, 3.63) is 59.1 Å². The summed E-state index contributed by atoms with van der Waals surface area (Å²) in [6.07, 6.45) is 5.79. The first kappa shape index (κ1) is 23.3. The summed E-state index contributed by atoms with van der Waals surface area (Å²) < 4.78 is 2.22. The molecule has 1 aliphatic rings. The quantitative estimate of drug-likeness (QED) is 0.227. The summed E-state index contributed by atoms with van der Waals surface area (Å²) in [7, 11) is 0. The van der Waals surface area contributed by atoms with Crippen LogP contribution in [-0.4, -0.2) is 27.6 Å². The fourth-order valence-corrected chi connectivity index (χ4v) is 4.97. The van der Waals surface area contributed by atoms with E-state index in [1.54, 1.807) is 25.1 Å². The van der Waals surface area contributed by atoms with E-state index in [0.29, 0.717) is 22.3 Å². The van der Waals surface area contributed by atoms with Gasteiger partial charge in [0.15, 0.2) is 0 Å². The fourth-order valence-electron chi connectivity index (χ4n) is 4.03. The van der Waals surface area contributed by atoms with Crippen molar-refractivity contribution in [2.45, 2.75) is 50.2 Å². The number of nitrogens with zero attached hydrogens (tertiary/aromatic N) is 3. The predicted octanol–water partition coefficient (Wildman–Crippen LogP) is 4.23. The van der Waals surface area contributed by atoms with Crippen LogP contribution in [0.25, 0.3) is 11.4 Å². The minimum Gasteiger partial charge on any atom is -0.872 e. The number of para-hydroxylation sites is 1. The Kier molecular flexibility index (Phi) is 7.67. The van der Waals surface area contributed by atoms with E-state index in [9.17, 15) is 9.90 Å². The Morgan fingerprint density at radius 1 is 1.21 bits per heavy atom. The Morgan fingerprint density at radius 3 is 2.67 bits per heavy atom. The summed E-state index contributed by atoms with van der Waals surface area (Å²) >= 11 is 7.44. The molecule has 0 radical (unpaired) electrons. The molecule has 7 nitrogen and oxygen atoms in total. The summed E-state index contributed by atoms with van der Waals surface area (Å²) in [5, 5.41) is 25.2. The maximum atomic E-state index is 12.5. The van der Waals surface area contributed by atoms with E-state index in [1.165, 1.54) is 37.1 Å². The van der Waals surface area contributed by atoms with Crippen LogP contribution in [0.2, 0.25) is 5.02 Å². The van der Waals surface area contributed by atoms with Crippen molar-refractivity contribution >= 4 is 35.0 Å². The van der Waals surface area contributed by atoms with Gasteiger partial charge in [0.05, 0.1) is 28.2 Å². The van der Waals surface area contributed by atoms with Crippen LogP contribution >= 0.6 is 23.4 Å². The van der Waals surface area contributed by atoms with E-state index in [4.69, 9.17) is 11.6 Å². The number of aromatic amines is 1. The van der Waals surface area contributed by atoms with Gasteiger partial charge in [0.1, 0.15) is 0 Å². The molecule has 0 saturated heterocycles. The SMILES string of the molecule is C/C(=N/NC(=O)CSc1n[nH]c(-c2ccc(Cl)cc2)[n+]1C1CCCCC1)c1ccccc1[O-]. The van der Waals surface area contributed by atoms with Gasteiger partial charge in [0.25, 0.3) is 11.7 Å². The zero-order chi connectivity index (χ0) is 23.2. The highest BCUT2D eigenvalue weighted by Gasteiger charge is 2.30. The molecule has 3 aromatic rings. The van der Waals surface area contributed by atoms with Crippen molar-refractivity contribution in [2.24, 2.45) is 5.10 Å². The van der Waals surface area contributed by atoms with Crippen molar-refractivity contribution in [1.82, 2.24) is 15.6 Å². The van der Waals surface area contributed by atoms with E-state index >= 15 is 0 Å². The summed E-state index contributed by atoms with van der Waals surface area (Å²) in [6, 6.07) is 14.6. The van der Waals surface area contributed by atoms with Gasteiger partial charge in [-0.1, -0.05) is 48.0 Å². The largest absolute Gasteiger partial charge is 0.872 e. The van der Waals surface area contributed by atoms with Crippen molar-refractivity contribution in [3.63, 3.8) is 0 Å². The Bertz CT molecular complexity index is 1140. The van der Waals surface area contributed by atoms with E-state index in [2.05, 4.69) is 25.3 Å². The topological polar surface area (TPSA) is 97.1 Å². The minimum atomic E-state index is -0.256. The van der Waals surface area contributed by atoms with Crippen LogP contribution in [0.1, 0.15) is 50.6 Å². The van der Waals surface area contributed by atoms with Crippen molar-refractivity contribution in [1.29, 1.82) is 0 Å². The molecule has 1 aromatic heterocycles. The molecule has 2 N–H and O–H groups in total. The Hall–Kier alpha value is -2.84. The third-order valence-corrected chi connectivity index (χ3v) is 6.92. The molecule has 1 aliphatic carbocycles. The highest BCUT2D eigenvalue weighted by atomic mass is 35.5. The first-order chi connectivity index (χ1) is 16.0. The second-order valence-electron chi connectivity index (χ2n) is 8.04. The van der Waals surface area contributed by atoms with Gasteiger partial charge in [-0.15, -0.1) is 5.10 Å². The summed E-state index contributed by atoms with van der Waals surface area (Å²) in [6.45, 7) is 1.70. The minimum absolute atomic E-state index is 0.123. The molecule has 0 aliphatic heterocycles. The van der Waals surface area contributed by atoms with E-state index < -0.39 is 0 Å². The Balaban J connectivity index is 1.48. The molecular weight excluding hydrogens is 458 g/mol. The van der Waals surface area contributed by atoms with E-state index in [0.717, 1.165) is 29.4 Å². The first-order valence-corrected chi connectivity index (χ1v) is 12.4. The molecule has 1 fully saturated rings. The summed E-state index contributed by atoms with van der Waals surface area (Å²) in [5.41, 5.74) is 4.50. The smallest absolute Gasteiger partial charge is 0.337 e. The monoisotopic (exact) mass is 483 g/mol. The number of H-pyrrole nitrogens is 1. The molecule has 9 heteroatoms. The van der Waals surface area contributed by atoms with Gasteiger partial charge in [-0.25, -0.2) is 9.99 Å². The lowest BCUT2D eigenvalue weighted by Crippen LogP contribution is -2.43. The van der Waals surface area contributed by atoms with Gasteiger partial charge in [0.2, 0.25) is 0 Å². The number of rotatable bonds is 7. The Morgan fingerprint density at radius 2 is 1.94 bits per heavy atom. The molecule has 4 rings (SSSR count). The average molecular weight is 484 g/mol. The third-order valence-electron chi connectivity index (χ3n) is 5.72. The second-order valence-corrected chi connectivity index (χ2v) is 9.42. The van der Waals surface area contributed by atoms with Gasteiger partial charge in [-0.05, 0) is 74.2 Å². The molecule has 1 amide bonds. The van der Waals surface area contributed by atoms with Crippen molar-refractivity contribution < 1.29 is 14.5 Å². The third kappa shape index (κ3) is 5.75. The number of halogens is 1. The molecule has 1 saturated carbocycles. The Labute approximate surface area is 202 Å². The van der Waals surface area contributed by atoms with Gasteiger partial charge < -0.3 is 5.11 Å². The molecular formula is C24H26ClN5O2S. The molecule has 0 bridgehead atoms. The van der Waals surface area contributed by atoms with Crippen LogP contribution in [0.15, 0.2) is 58.8 Å². The zero-order valence-corrected chi connectivity index (χ0v) is 20.0.